The Morgan fingerprint density at radius 2 is 1.89 bits per heavy atom. The first-order valence-electron chi connectivity index (χ1n) is 9.59. The minimum absolute atomic E-state index is 0.0267. The van der Waals surface area contributed by atoms with Crippen LogP contribution in [-0.4, -0.2) is 44.6 Å². The van der Waals surface area contributed by atoms with Crippen LogP contribution >= 0.6 is 0 Å². The van der Waals surface area contributed by atoms with Gasteiger partial charge < -0.3 is 10.4 Å². The fraction of sp³-hybridized carbons (Fsp3) is 0.381. The molecule has 1 saturated heterocycles. The van der Waals surface area contributed by atoms with Gasteiger partial charge in [0.25, 0.3) is 0 Å². The van der Waals surface area contributed by atoms with Crippen molar-refractivity contribution < 1.29 is 5.11 Å². The number of piperidine rings is 1. The number of nitrogens with zero attached hydrogens (tertiary/aromatic N) is 4. The van der Waals surface area contributed by atoms with Crippen molar-refractivity contribution >= 4 is 0 Å². The first-order valence-corrected chi connectivity index (χ1v) is 9.59. The zero-order valence-electron chi connectivity index (χ0n) is 15.4. The van der Waals surface area contributed by atoms with Gasteiger partial charge in [-0.3, -0.25) is 4.98 Å². The van der Waals surface area contributed by atoms with E-state index in [-0.39, 0.29) is 6.61 Å². The van der Waals surface area contributed by atoms with Crippen LogP contribution in [0, 0.1) is 5.92 Å². The quantitative estimate of drug-likeness (QED) is 0.704. The molecule has 1 atom stereocenters. The molecule has 2 aromatic heterocycles. The number of aliphatic hydroxyl groups is 1. The summed E-state index contributed by atoms with van der Waals surface area (Å²) in [5.41, 5.74) is 3.29. The van der Waals surface area contributed by atoms with E-state index < -0.39 is 0 Å². The van der Waals surface area contributed by atoms with E-state index in [1.54, 1.807) is 17.1 Å². The van der Waals surface area contributed by atoms with Gasteiger partial charge in [-0.1, -0.05) is 24.3 Å². The molecule has 1 fully saturated rings. The summed E-state index contributed by atoms with van der Waals surface area (Å²) in [5.74, 6) is 2.15. The lowest BCUT2D eigenvalue weighted by molar-refractivity contribution is 0.270. The Hall–Kier alpha value is -2.57. The van der Waals surface area contributed by atoms with Gasteiger partial charge in [0.05, 0.1) is 13.2 Å². The summed E-state index contributed by atoms with van der Waals surface area (Å²) in [6, 6.07) is 12.4. The summed E-state index contributed by atoms with van der Waals surface area (Å²) >= 11 is 0. The highest BCUT2D eigenvalue weighted by Gasteiger charge is 2.15. The zero-order valence-corrected chi connectivity index (χ0v) is 15.4. The topological polar surface area (TPSA) is 75.9 Å². The normalized spacial score (nSPS) is 17.1. The van der Waals surface area contributed by atoms with Crippen molar-refractivity contribution in [3.8, 4) is 22.8 Å². The van der Waals surface area contributed by atoms with Crippen molar-refractivity contribution in [1.29, 1.82) is 0 Å². The molecule has 3 heterocycles. The van der Waals surface area contributed by atoms with Crippen LogP contribution in [0.25, 0.3) is 22.8 Å². The Balaban J connectivity index is 1.57. The van der Waals surface area contributed by atoms with E-state index >= 15 is 0 Å². The molecule has 1 aliphatic rings. The fourth-order valence-electron chi connectivity index (χ4n) is 3.65. The SMILES string of the molecule is OCCn1nc(-c2ccncc2)nc1-c1ccc(CC2CCCNC2)cc1. The largest absolute Gasteiger partial charge is 0.394 e. The van der Waals surface area contributed by atoms with E-state index in [1.807, 2.05) is 12.1 Å². The van der Waals surface area contributed by atoms with Gasteiger partial charge in [0.2, 0.25) is 0 Å². The van der Waals surface area contributed by atoms with Crippen molar-refractivity contribution in [2.24, 2.45) is 5.92 Å². The van der Waals surface area contributed by atoms with E-state index in [9.17, 15) is 5.11 Å². The van der Waals surface area contributed by atoms with Crippen molar-refractivity contribution in [3.63, 3.8) is 0 Å². The van der Waals surface area contributed by atoms with Crippen molar-refractivity contribution in [1.82, 2.24) is 25.1 Å². The second-order valence-corrected chi connectivity index (χ2v) is 7.06. The predicted octanol–water partition coefficient (Wildman–Crippen LogP) is 2.54. The van der Waals surface area contributed by atoms with Crippen LogP contribution in [-0.2, 0) is 13.0 Å². The number of pyridine rings is 1. The molecule has 1 aromatic carbocycles. The molecule has 1 aliphatic heterocycles. The van der Waals surface area contributed by atoms with Crippen LogP contribution in [0.2, 0.25) is 0 Å². The second kappa shape index (κ2) is 8.41. The molecule has 4 rings (SSSR count). The maximum atomic E-state index is 9.39. The highest BCUT2D eigenvalue weighted by Crippen LogP contribution is 2.24. The van der Waals surface area contributed by atoms with Gasteiger partial charge in [-0.05, 0) is 56.0 Å². The third kappa shape index (κ3) is 4.23. The van der Waals surface area contributed by atoms with E-state index in [2.05, 4.69) is 39.7 Å². The predicted molar refractivity (Wildman–Crippen MR) is 105 cm³/mol. The highest BCUT2D eigenvalue weighted by molar-refractivity contribution is 5.61. The van der Waals surface area contributed by atoms with Gasteiger partial charge in [-0.25, -0.2) is 9.67 Å². The summed E-state index contributed by atoms with van der Waals surface area (Å²) in [6.45, 7) is 2.71. The number of nitrogens with one attached hydrogen (secondary N) is 1. The van der Waals surface area contributed by atoms with Gasteiger partial charge in [0, 0.05) is 23.5 Å². The zero-order chi connectivity index (χ0) is 18.5. The molecule has 0 spiro atoms. The van der Waals surface area contributed by atoms with E-state index in [0.717, 1.165) is 42.4 Å². The molecule has 27 heavy (non-hydrogen) atoms. The van der Waals surface area contributed by atoms with Gasteiger partial charge >= 0.3 is 0 Å². The van der Waals surface area contributed by atoms with Crippen molar-refractivity contribution in [3.05, 3.63) is 54.4 Å². The molecule has 6 nitrogen and oxygen atoms in total. The standard InChI is InChI=1S/C21H25N5O/c27-13-12-26-21(24-20(25-26)18-7-10-22-11-8-18)19-5-3-16(4-6-19)14-17-2-1-9-23-15-17/h3-8,10-11,17,23,27H,1-2,9,12-15H2. The second-order valence-electron chi connectivity index (χ2n) is 7.06. The van der Waals surface area contributed by atoms with Crippen LogP contribution in [0.1, 0.15) is 18.4 Å². The lowest BCUT2D eigenvalue weighted by Gasteiger charge is -2.22. The summed E-state index contributed by atoms with van der Waals surface area (Å²) in [6.07, 6.45) is 7.14. The van der Waals surface area contributed by atoms with E-state index in [0.29, 0.717) is 12.4 Å². The Kier molecular flexibility index (Phi) is 5.55. The molecule has 0 amide bonds. The van der Waals surface area contributed by atoms with Crippen LogP contribution in [0.5, 0.6) is 0 Å². The molecule has 2 N–H and O–H groups in total. The van der Waals surface area contributed by atoms with Gasteiger partial charge in [-0.15, -0.1) is 0 Å². The molecule has 1 unspecified atom stereocenters. The van der Waals surface area contributed by atoms with E-state index in [4.69, 9.17) is 4.98 Å². The number of hydrogen-bond donors (Lipinski definition) is 2. The van der Waals surface area contributed by atoms with Crippen LogP contribution in [0.3, 0.4) is 0 Å². The minimum Gasteiger partial charge on any atom is -0.394 e. The van der Waals surface area contributed by atoms with Gasteiger partial charge in [0.1, 0.15) is 0 Å². The smallest absolute Gasteiger partial charge is 0.181 e. The number of aliphatic hydroxyl groups excluding tert-OH is 1. The van der Waals surface area contributed by atoms with Crippen LogP contribution in [0.15, 0.2) is 48.8 Å². The summed E-state index contributed by atoms with van der Waals surface area (Å²) in [7, 11) is 0. The Morgan fingerprint density at radius 1 is 1.07 bits per heavy atom. The Bertz CT molecular complexity index is 854. The molecule has 3 aromatic rings. The fourth-order valence-corrected chi connectivity index (χ4v) is 3.65. The number of benzene rings is 1. The maximum absolute atomic E-state index is 9.39. The highest BCUT2D eigenvalue weighted by atomic mass is 16.3. The molecular weight excluding hydrogens is 338 g/mol. The molecule has 0 saturated carbocycles. The maximum Gasteiger partial charge on any atom is 0.181 e. The van der Waals surface area contributed by atoms with Crippen molar-refractivity contribution in [2.75, 3.05) is 19.7 Å². The lowest BCUT2D eigenvalue weighted by atomic mass is 9.92. The average Bonchev–Trinajstić information content (AvgIpc) is 3.14. The average molecular weight is 363 g/mol. The van der Waals surface area contributed by atoms with Crippen LogP contribution in [0.4, 0.5) is 0 Å². The molecule has 0 radical (unpaired) electrons. The molecular formula is C21H25N5O. The molecule has 140 valence electrons. The monoisotopic (exact) mass is 363 g/mol. The Labute approximate surface area is 159 Å². The molecule has 6 heteroatoms. The summed E-state index contributed by atoms with van der Waals surface area (Å²) in [4.78, 5) is 8.76. The molecule has 0 aliphatic carbocycles. The van der Waals surface area contributed by atoms with Gasteiger partial charge in [-0.2, -0.15) is 5.10 Å². The van der Waals surface area contributed by atoms with Gasteiger partial charge in [0.15, 0.2) is 11.6 Å². The number of rotatable bonds is 6. The molecule has 0 bridgehead atoms. The number of hydrogen-bond acceptors (Lipinski definition) is 5. The number of aromatic nitrogens is 4. The third-order valence-electron chi connectivity index (χ3n) is 5.06. The summed E-state index contributed by atoms with van der Waals surface area (Å²) in [5, 5.41) is 17.4. The summed E-state index contributed by atoms with van der Waals surface area (Å²) < 4.78 is 1.77. The van der Waals surface area contributed by atoms with E-state index in [1.165, 1.54) is 18.4 Å². The lowest BCUT2D eigenvalue weighted by Crippen LogP contribution is -2.30. The first kappa shape index (κ1) is 17.8. The minimum atomic E-state index is 0.0267. The first-order chi connectivity index (χ1) is 13.3. The van der Waals surface area contributed by atoms with Crippen LogP contribution < -0.4 is 5.32 Å². The third-order valence-corrected chi connectivity index (χ3v) is 5.06. The van der Waals surface area contributed by atoms with Crippen molar-refractivity contribution in [2.45, 2.75) is 25.8 Å². The Morgan fingerprint density at radius 3 is 2.59 bits per heavy atom.